The van der Waals surface area contributed by atoms with Crippen LogP contribution in [0.1, 0.15) is 33.1 Å². The highest BCUT2D eigenvalue weighted by molar-refractivity contribution is 4.63. The number of nitrogens with zero attached hydrogens (tertiary/aromatic N) is 1. The minimum atomic E-state index is 0.420. The standard InChI is InChI=1S/C14H30N2O2/c1-3-5-14(2)18-11-4-6-15-7-8-16-9-12-17-13-10-16/h14-15H,3-13H2,1-2H3. The Morgan fingerprint density at radius 1 is 1.28 bits per heavy atom. The highest BCUT2D eigenvalue weighted by Crippen LogP contribution is 2.00. The predicted octanol–water partition coefficient (Wildman–Crippen LogP) is 1.50. The van der Waals surface area contributed by atoms with Crippen LogP contribution in [0, 0.1) is 0 Å². The average Bonchev–Trinajstić information content (AvgIpc) is 2.39. The van der Waals surface area contributed by atoms with Crippen LogP contribution in [0.2, 0.25) is 0 Å². The Balaban J connectivity index is 1.80. The molecule has 4 nitrogen and oxygen atoms in total. The van der Waals surface area contributed by atoms with E-state index in [1.807, 2.05) is 0 Å². The van der Waals surface area contributed by atoms with Gasteiger partial charge in [0.15, 0.2) is 0 Å². The van der Waals surface area contributed by atoms with Crippen LogP contribution in [0.15, 0.2) is 0 Å². The molecule has 0 aromatic carbocycles. The summed E-state index contributed by atoms with van der Waals surface area (Å²) in [7, 11) is 0. The molecule has 1 fully saturated rings. The second-order valence-corrected chi connectivity index (χ2v) is 5.03. The van der Waals surface area contributed by atoms with E-state index in [1.54, 1.807) is 0 Å². The van der Waals surface area contributed by atoms with Gasteiger partial charge in [0.25, 0.3) is 0 Å². The summed E-state index contributed by atoms with van der Waals surface area (Å²) in [6, 6.07) is 0. The maximum absolute atomic E-state index is 5.71. The van der Waals surface area contributed by atoms with Crippen LogP contribution in [0.5, 0.6) is 0 Å². The Bertz CT molecular complexity index is 185. The van der Waals surface area contributed by atoms with Crippen molar-refractivity contribution in [1.29, 1.82) is 0 Å². The smallest absolute Gasteiger partial charge is 0.0594 e. The molecule has 0 aromatic heterocycles. The van der Waals surface area contributed by atoms with Crippen molar-refractivity contribution in [3.63, 3.8) is 0 Å². The lowest BCUT2D eigenvalue weighted by Gasteiger charge is -2.26. The fourth-order valence-corrected chi connectivity index (χ4v) is 2.16. The summed E-state index contributed by atoms with van der Waals surface area (Å²) < 4.78 is 11.0. The van der Waals surface area contributed by atoms with Gasteiger partial charge in [0.1, 0.15) is 0 Å². The summed E-state index contributed by atoms with van der Waals surface area (Å²) in [5.41, 5.74) is 0. The summed E-state index contributed by atoms with van der Waals surface area (Å²) in [5.74, 6) is 0. The lowest BCUT2D eigenvalue weighted by Crippen LogP contribution is -2.40. The molecule has 0 saturated carbocycles. The van der Waals surface area contributed by atoms with Gasteiger partial charge in [0.2, 0.25) is 0 Å². The maximum Gasteiger partial charge on any atom is 0.0594 e. The van der Waals surface area contributed by atoms with Crippen LogP contribution in [-0.4, -0.2) is 63.5 Å². The van der Waals surface area contributed by atoms with E-state index in [-0.39, 0.29) is 0 Å². The third kappa shape index (κ3) is 8.03. The fourth-order valence-electron chi connectivity index (χ4n) is 2.16. The molecule has 1 atom stereocenters. The number of hydrogen-bond acceptors (Lipinski definition) is 4. The van der Waals surface area contributed by atoms with Crippen molar-refractivity contribution in [2.75, 3.05) is 52.5 Å². The normalized spacial score (nSPS) is 19.0. The van der Waals surface area contributed by atoms with Crippen LogP contribution in [0.4, 0.5) is 0 Å². The summed E-state index contributed by atoms with van der Waals surface area (Å²) in [4.78, 5) is 2.45. The van der Waals surface area contributed by atoms with E-state index in [4.69, 9.17) is 9.47 Å². The van der Waals surface area contributed by atoms with Gasteiger partial charge < -0.3 is 14.8 Å². The Hall–Kier alpha value is -0.160. The molecule has 0 spiro atoms. The van der Waals surface area contributed by atoms with Crippen molar-refractivity contribution in [2.45, 2.75) is 39.2 Å². The van der Waals surface area contributed by atoms with Crippen LogP contribution in [0.3, 0.4) is 0 Å². The molecule has 4 heteroatoms. The molecule has 0 aliphatic carbocycles. The van der Waals surface area contributed by atoms with Crippen molar-refractivity contribution in [3.8, 4) is 0 Å². The average molecular weight is 258 g/mol. The van der Waals surface area contributed by atoms with Crippen molar-refractivity contribution < 1.29 is 9.47 Å². The summed E-state index contributed by atoms with van der Waals surface area (Å²) in [6.07, 6.45) is 3.91. The van der Waals surface area contributed by atoms with Crippen molar-refractivity contribution in [1.82, 2.24) is 10.2 Å². The summed E-state index contributed by atoms with van der Waals surface area (Å²) in [6.45, 7) is 12.5. The topological polar surface area (TPSA) is 33.7 Å². The van der Waals surface area contributed by atoms with Crippen molar-refractivity contribution >= 4 is 0 Å². The third-order valence-electron chi connectivity index (χ3n) is 3.30. The van der Waals surface area contributed by atoms with E-state index >= 15 is 0 Å². The molecule has 0 aromatic rings. The van der Waals surface area contributed by atoms with Gasteiger partial charge in [-0.25, -0.2) is 0 Å². The Labute approximate surface area is 112 Å². The van der Waals surface area contributed by atoms with Crippen LogP contribution < -0.4 is 5.32 Å². The SMILES string of the molecule is CCCC(C)OCCCNCCN1CCOCC1. The van der Waals surface area contributed by atoms with Gasteiger partial charge in [-0.1, -0.05) is 13.3 Å². The first-order chi connectivity index (χ1) is 8.83. The first kappa shape index (κ1) is 15.9. The lowest BCUT2D eigenvalue weighted by atomic mass is 10.2. The maximum atomic E-state index is 5.71. The zero-order valence-corrected chi connectivity index (χ0v) is 12.1. The highest BCUT2D eigenvalue weighted by atomic mass is 16.5. The van der Waals surface area contributed by atoms with E-state index in [9.17, 15) is 0 Å². The molecule has 1 unspecified atom stereocenters. The lowest BCUT2D eigenvalue weighted by molar-refractivity contribution is 0.0381. The second kappa shape index (κ2) is 10.7. The van der Waals surface area contributed by atoms with Gasteiger partial charge in [-0.15, -0.1) is 0 Å². The number of rotatable bonds is 10. The molecule has 1 rings (SSSR count). The molecule has 1 N–H and O–H groups in total. The quantitative estimate of drug-likeness (QED) is 0.602. The van der Waals surface area contributed by atoms with Gasteiger partial charge in [-0.05, 0) is 26.3 Å². The molecule has 108 valence electrons. The second-order valence-electron chi connectivity index (χ2n) is 5.03. The zero-order valence-electron chi connectivity index (χ0n) is 12.1. The molecule has 0 bridgehead atoms. The number of morpholine rings is 1. The zero-order chi connectivity index (χ0) is 13.1. The minimum Gasteiger partial charge on any atom is -0.379 e. The van der Waals surface area contributed by atoms with Crippen molar-refractivity contribution in [3.05, 3.63) is 0 Å². The Morgan fingerprint density at radius 3 is 2.78 bits per heavy atom. The largest absolute Gasteiger partial charge is 0.379 e. The fraction of sp³-hybridized carbons (Fsp3) is 1.00. The van der Waals surface area contributed by atoms with Gasteiger partial charge in [-0.3, -0.25) is 4.90 Å². The Kier molecular flexibility index (Phi) is 9.48. The van der Waals surface area contributed by atoms with E-state index < -0.39 is 0 Å². The number of nitrogens with one attached hydrogen (secondary N) is 1. The van der Waals surface area contributed by atoms with E-state index in [0.717, 1.165) is 59.0 Å². The Morgan fingerprint density at radius 2 is 2.06 bits per heavy atom. The molecule has 1 aliphatic heterocycles. The van der Waals surface area contributed by atoms with Gasteiger partial charge in [0.05, 0.1) is 19.3 Å². The van der Waals surface area contributed by atoms with Crippen LogP contribution in [0.25, 0.3) is 0 Å². The molecule has 18 heavy (non-hydrogen) atoms. The summed E-state index contributed by atoms with van der Waals surface area (Å²) >= 11 is 0. The molecule has 1 saturated heterocycles. The first-order valence-electron chi connectivity index (χ1n) is 7.45. The molecule has 1 aliphatic rings. The van der Waals surface area contributed by atoms with Gasteiger partial charge in [0, 0.05) is 32.8 Å². The molecule has 0 amide bonds. The van der Waals surface area contributed by atoms with Crippen molar-refractivity contribution in [2.24, 2.45) is 0 Å². The molecular weight excluding hydrogens is 228 g/mol. The first-order valence-corrected chi connectivity index (χ1v) is 7.45. The summed E-state index contributed by atoms with van der Waals surface area (Å²) in [5, 5.41) is 3.48. The van der Waals surface area contributed by atoms with E-state index in [0.29, 0.717) is 6.10 Å². The number of hydrogen-bond donors (Lipinski definition) is 1. The highest BCUT2D eigenvalue weighted by Gasteiger charge is 2.08. The van der Waals surface area contributed by atoms with Gasteiger partial charge in [-0.2, -0.15) is 0 Å². The van der Waals surface area contributed by atoms with Crippen LogP contribution in [-0.2, 0) is 9.47 Å². The predicted molar refractivity (Wildman–Crippen MR) is 75.1 cm³/mol. The molecular formula is C14H30N2O2. The van der Waals surface area contributed by atoms with Gasteiger partial charge >= 0.3 is 0 Å². The van der Waals surface area contributed by atoms with E-state index in [2.05, 4.69) is 24.1 Å². The number of ether oxygens (including phenoxy) is 2. The van der Waals surface area contributed by atoms with Crippen LogP contribution >= 0.6 is 0 Å². The molecule has 1 heterocycles. The monoisotopic (exact) mass is 258 g/mol. The third-order valence-corrected chi connectivity index (χ3v) is 3.30. The minimum absolute atomic E-state index is 0.420. The molecule has 0 radical (unpaired) electrons. The van der Waals surface area contributed by atoms with E-state index in [1.165, 1.54) is 12.8 Å².